The third kappa shape index (κ3) is 7.71. The lowest BCUT2D eigenvalue weighted by Gasteiger charge is -2.26. The van der Waals surface area contributed by atoms with Gasteiger partial charge in [-0.2, -0.15) is 15.1 Å². The predicted octanol–water partition coefficient (Wildman–Crippen LogP) is 6.02. The van der Waals surface area contributed by atoms with Crippen LogP contribution in [0, 0.1) is 0 Å². The summed E-state index contributed by atoms with van der Waals surface area (Å²) in [5.41, 5.74) is 7.32. The number of nitrogens with one attached hydrogen (secondary N) is 3. The molecule has 0 aliphatic carbocycles. The van der Waals surface area contributed by atoms with E-state index in [1.54, 1.807) is 24.3 Å². The predicted molar refractivity (Wildman–Crippen MR) is 171 cm³/mol. The van der Waals surface area contributed by atoms with E-state index in [0.29, 0.717) is 23.3 Å². The Morgan fingerprint density at radius 2 is 1.50 bits per heavy atom. The zero-order valence-electron chi connectivity index (χ0n) is 24.0. The summed E-state index contributed by atoms with van der Waals surface area (Å²) < 4.78 is 23.8. The van der Waals surface area contributed by atoms with Crippen LogP contribution in [0.1, 0.15) is 31.7 Å². The smallest absolute Gasteiger partial charge is 0.231 e. The van der Waals surface area contributed by atoms with Gasteiger partial charge in [-0.1, -0.05) is 67.1 Å². The van der Waals surface area contributed by atoms with Crippen molar-refractivity contribution in [2.75, 3.05) is 48.5 Å². The molecule has 10 heteroatoms. The van der Waals surface area contributed by atoms with Gasteiger partial charge >= 0.3 is 0 Å². The Bertz CT molecular complexity index is 1600. The average molecular weight is 584 g/mol. The van der Waals surface area contributed by atoms with Gasteiger partial charge in [0, 0.05) is 25.0 Å². The van der Waals surface area contributed by atoms with E-state index in [1.165, 1.54) is 25.5 Å². The average Bonchev–Trinajstić information content (AvgIpc) is 3.01. The first-order chi connectivity index (χ1) is 20.4. The summed E-state index contributed by atoms with van der Waals surface area (Å²) in [5.74, 6) is 1.69. The van der Waals surface area contributed by atoms with Gasteiger partial charge in [0.2, 0.25) is 5.95 Å². The Labute approximate surface area is 248 Å². The molecule has 0 saturated carbocycles. The van der Waals surface area contributed by atoms with Crippen molar-refractivity contribution < 1.29 is 8.42 Å². The maximum atomic E-state index is 11.9. The number of para-hydroxylation sites is 1. The number of hydrogen-bond acceptors (Lipinski definition) is 9. The van der Waals surface area contributed by atoms with Crippen LogP contribution < -0.4 is 16.1 Å². The summed E-state index contributed by atoms with van der Waals surface area (Å²) in [7, 11) is -3.28. The van der Waals surface area contributed by atoms with Crippen molar-refractivity contribution in [3.05, 3.63) is 90.5 Å². The van der Waals surface area contributed by atoms with E-state index >= 15 is 0 Å². The Kier molecular flexibility index (Phi) is 9.45. The van der Waals surface area contributed by atoms with Crippen molar-refractivity contribution in [2.45, 2.75) is 31.1 Å². The summed E-state index contributed by atoms with van der Waals surface area (Å²) in [6.07, 6.45) is 5.00. The molecule has 0 unspecified atom stereocenters. The minimum absolute atomic E-state index is 0.270. The third-order valence-electron chi connectivity index (χ3n) is 7.20. The van der Waals surface area contributed by atoms with E-state index in [4.69, 9.17) is 9.97 Å². The van der Waals surface area contributed by atoms with E-state index in [0.717, 1.165) is 48.6 Å². The number of anilines is 4. The lowest BCUT2D eigenvalue weighted by Crippen LogP contribution is -2.33. The lowest BCUT2D eigenvalue weighted by atomic mass is 10.1. The maximum Gasteiger partial charge on any atom is 0.231 e. The standard InChI is InChI=1S/C32H37N7O2S/c1-24(25-16-18-28(19-17-25)42(2,40)41)37-38-31-29(26-12-6-3-7-13-26)30(33-20-23-39-21-10-5-11-22-39)35-32(36-31)34-27-14-8-4-9-15-27/h3-4,6-9,12-19H,5,10-11,20-23H2,1-2H3,(H3,33,34,35,36,38). The molecule has 2 heterocycles. The molecule has 5 rings (SSSR count). The fourth-order valence-corrected chi connectivity index (χ4v) is 5.54. The molecular formula is C32H37N7O2S. The van der Waals surface area contributed by atoms with Crippen LogP contribution in [0.2, 0.25) is 0 Å². The molecule has 1 saturated heterocycles. The quantitative estimate of drug-likeness (QED) is 0.145. The van der Waals surface area contributed by atoms with Crippen LogP contribution in [0.4, 0.5) is 23.3 Å². The second kappa shape index (κ2) is 13.6. The fourth-order valence-electron chi connectivity index (χ4n) is 4.91. The highest BCUT2D eigenvalue weighted by molar-refractivity contribution is 7.90. The molecule has 1 aliphatic heterocycles. The molecule has 4 aromatic rings. The Morgan fingerprint density at radius 1 is 0.857 bits per heavy atom. The van der Waals surface area contributed by atoms with Gasteiger partial charge in [-0.3, -0.25) is 5.43 Å². The van der Waals surface area contributed by atoms with Crippen LogP contribution >= 0.6 is 0 Å². The van der Waals surface area contributed by atoms with Crippen LogP contribution in [0.3, 0.4) is 0 Å². The molecule has 42 heavy (non-hydrogen) atoms. The number of nitrogens with zero attached hydrogens (tertiary/aromatic N) is 4. The van der Waals surface area contributed by atoms with Gasteiger partial charge < -0.3 is 15.5 Å². The molecule has 0 amide bonds. The van der Waals surface area contributed by atoms with Gasteiger partial charge in [-0.15, -0.1) is 0 Å². The van der Waals surface area contributed by atoms with Crippen molar-refractivity contribution in [3.8, 4) is 11.1 Å². The molecule has 3 aromatic carbocycles. The van der Waals surface area contributed by atoms with E-state index in [9.17, 15) is 8.42 Å². The minimum atomic E-state index is -3.28. The van der Waals surface area contributed by atoms with Gasteiger partial charge in [0.05, 0.1) is 16.2 Å². The molecule has 1 fully saturated rings. The second-order valence-electron chi connectivity index (χ2n) is 10.4. The zero-order chi connectivity index (χ0) is 29.4. The maximum absolute atomic E-state index is 11.9. The third-order valence-corrected chi connectivity index (χ3v) is 8.33. The molecule has 0 radical (unpaired) electrons. The van der Waals surface area contributed by atoms with E-state index in [-0.39, 0.29) is 4.90 Å². The van der Waals surface area contributed by atoms with Gasteiger partial charge in [-0.25, -0.2) is 8.42 Å². The molecule has 1 aliphatic rings. The number of aromatic nitrogens is 2. The molecule has 0 spiro atoms. The molecule has 9 nitrogen and oxygen atoms in total. The first-order valence-electron chi connectivity index (χ1n) is 14.2. The molecule has 3 N–H and O–H groups in total. The lowest BCUT2D eigenvalue weighted by molar-refractivity contribution is 0.237. The number of hydrogen-bond donors (Lipinski definition) is 3. The van der Waals surface area contributed by atoms with E-state index < -0.39 is 9.84 Å². The largest absolute Gasteiger partial charge is 0.368 e. The van der Waals surface area contributed by atoms with Gasteiger partial charge in [-0.05, 0) is 68.2 Å². The topological polar surface area (TPSA) is 112 Å². The summed E-state index contributed by atoms with van der Waals surface area (Å²) in [6.45, 7) is 5.81. The van der Waals surface area contributed by atoms with Crippen molar-refractivity contribution in [1.82, 2.24) is 14.9 Å². The van der Waals surface area contributed by atoms with Gasteiger partial charge in [0.25, 0.3) is 0 Å². The Morgan fingerprint density at radius 3 is 2.17 bits per heavy atom. The highest BCUT2D eigenvalue weighted by Gasteiger charge is 2.18. The number of hydrazone groups is 1. The van der Waals surface area contributed by atoms with Crippen LogP contribution in [-0.2, 0) is 9.84 Å². The van der Waals surface area contributed by atoms with Crippen molar-refractivity contribution in [3.63, 3.8) is 0 Å². The monoisotopic (exact) mass is 583 g/mol. The molecular weight excluding hydrogens is 546 g/mol. The van der Waals surface area contributed by atoms with Crippen molar-refractivity contribution in [1.29, 1.82) is 0 Å². The van der Waals surface area contributed by atoms with E-state index in [2.05, 4.69) is 26.1 Å². The van der Waals surface area contributed by atoms with Crippen LogP contribution in [0.15, 0.2) is 94.9 Å². The number of piperidine rings is 1. The number of rotatable bonds is 11. The summed E-state index contributed by atoms with van der Waals surface area (Å²) in [6, 6.07) is 26.5. The van der Waals surface area contributed by atoms with Crippen LogP contribution in [0.25, 0.3) is 11.1 Å². The zero-order valence-corrected chi connectivity index (χ0v) is 24.9. The molecule has 0 bridgehead atoms. The Balaban J connectivity index is 1.49. The fraction of sp³-hybridized carbons (Fsp3) is 0.281. The van der Waals surface area contributed by atoms with Crippen LogP contribution in [0.5, 0.6) is 0 Å². The van der Waals surface area contributed by atoms with Crippen molar-refractivity contribution in [2.24, 2.45) is 5.10 Å². The summed E-state index contributed by atoms with van der Waals surface area (Å²) >= 11 is 0. The number of benzene rings is 3. The summed E-state index contributed by atoms with van der Waals surface area (Å²) in [4.78, 5) is 12.5. The summed E-state index contributed by atoms with van der Waals surface area (Å²) in [5, 5.41) is 11.6. The molecule has 218 valence electrons. The number of sulfone groups is 1. The van der Waals surface area contributed by atoms with Crippen molar-refractivity contribution >= 4 is 38.8 Å². The number of likely N-dealkylation sites (tertiary alicyclic amines) is 1. The molecule has 1 aromatic heterocycles. The SMILES string of the molecule is CC(=NNc1nc(Nc2ccccc2)nc(NCCN2CCCCC2)c1-c1ccccc1)c1ccc(S(C)(=O)=O)cc1. The van der Waals surface area contributed by atoms with Gasteiger partial charge in [0.1, 0.15) is 5.82 Å². The first-order valence-corrected chi connectivity index (χ1v) is 16.1. The van der Waals surface area contributed by atoms with Gasteiger partial charge in [0.15, 0.2) is 15.7 Å². The van der Waals surface area contributed by atoms with Crippen LogP contribution in [-0.4, -0.2) is 61.4 Å². The highest BCUT2D eigenvalue weighted by atomic mass is 32.2. The normalized spacial score (nSPS) is 14.4. The second-order valence-corrected chi connectivity index (χ2v) is 12.4. The minimum Gasteiger partial charge on any atom is -0.368 e. The van der Waals surface area contributed by atoms with E-state index in [1.807, 2.05) is 67.6 Å². The highest BCUT2D eigenvalue weighted by Crippen LogP contribution is 2.34. The molecule has 0 atom stereocenters. The Hall–Kier alpha value is -4.28. The first kappa shape index (κ1) is 29.2.